The Hall–Kier alpha value is -0.760. The molecule has 13 heavy (non-hydrogen) atoms. The molecule has 0 spiro atoms. The van der Waals surface area contributed by atoms with Gasteiger partial charge in [0, 0.05) is 11.1 Å². The van der Waals surface area contributed by atoms with Crippen molar-refractivity contribution < 1.29 is 0 Å². The molecule has 72 valence electrons. The highest BCUT2D eigenvalue weighted by molar-refractivity contribution is 7.16. The van der Waals surface area contributed by atoms with Crippen LogP contribution < -0.4 is 5.32 Å². The second-order valence-corrected chi connectivity index (χ2v) is 4.83. The van der Waals surface area contributed by atoms with E-state index in [-0.39, 0.29) is 0 Å². The van der Waals surface area contributed by atoms with Gasteiger partial charge in [0.25, 0.3) is 0 Å². The summed E-state index contributed by atoms with van der Waals surface area (Å²) < 4.78 is 0. The van der Waals surface area contributed by atoms with Gasteiger partial charge >= 0.3 is 0 Å². The van der Waals surface area contributed by atoms with Crippen molar-refractivity contribution in [2.45, 2.75) is 34.6 Å². The maximum absolute atomic E-state index is 3.33. The zero-order valence-corrected chi connectivity index (χ0v) is 9.80. The van der Waals surface area contributed by atoms with Crippen molar-refractivity contribution in [3.63, 3.8) is 0 Å². The average molecular weight is 195 g/mol. The number of allylic oxidation sites excluding steroid dienone is 1. The van der Waals surface area contributed by atoms with Crippen LogP contribution in [0.4, 0.5) is 5.00 Å². The van der Waals surface area contributed by atoms with Crippen LogP contribution in [-0.4, -0.2) is 0 Å². The van der Waals surface area contributed by atoms with Crippen molar-refractivity contribution in [2.24, 2.45) is 0 Å². The molecule has 1 nitrogen and oxygen atoms in total. The highest BCUT2D eigenvalue weighted by Gasteiger charge is 2.06. The van der Waals surface area contributed by atoms with E-state index in [1.807, 2.05) is 11.3 Å². The summed E-state index contributed by atoms with van der Waals surface area (Å²) in [5, 5.41) is 4.60. The molecule has 0 saturated heterocycles. The molecule has 0 amide bonds. The number of nitrogens with one attached hydrogen (secondary N) is 1. The standard InChI is InChI=1S/C11H17NS/c1-7(2)6-12-11-9(4)8(3)10(5)13-11/h6,12H,1-5H3. The Kier molecular flexibility index (Phi) is 3.15. The van der Waals surface area contributed by atoms with Gasteiger partial charge in [0.15, 0.2) is 0 Å². The first-order valence-electron chi connectivity index (χ1n) is 4.49. The van der Waals surface area contributed by atoms with E-state index in [4.69, 9.17) is 0 Å². The van der Waals surface area contributed by atoms with Crippen LogP contribution >= 0.6 is 11.3 Å². The Morgan fingerprint density at radius 1 is 1.15 bits per heavy atom. The van der Waals surface area contributed by atoms with E-state index in [1.165, 1.54) is 26.6 Å². The predicted molar refractivity (Wildman–Crippen MR) is 61.6 cm³/mol. The Morgan fingerprint density at radius 2 is 1.77 bits per heavy atom. The Balaban J connectivity index is 2.90. The molecule has 2 heteroatoms. The molecule has 0 radical (unpaired) electrons. The number of hydrogen-bond donors (Lipinski definition) is 1. The highest BCUT2D eigenvalue weighted by atomic mass is 32.1. The minimum atomic E-state index is 1.27. The normalized spacial score (nSPS) is 9.92. The van der Waals surface area contributed by atoms with Gasteiger partial charge in [0.1, 0.15) is 0 Å². The van der Waals surface area contributed by atoms with Gasteiger partial charge in [-0.25, -0.2) is 0 Å². The van der Waals surface area contributed by atoms with Gasteiger partial charge in [0.2, 0.25) is 0 Å². The smallest absolute Gasteiger partial charge is 0.0957 e. The molecule has 1 aromatic rings. The van der Waals surface area contributed by atoms with Gasteiger partial charge in [-0.15, -0.1) is 11.3 Å². The monoisotopic (exact) mass is 195 g/mol. The number of rotatable bonds is 2. The lowest BCUT2D eigenvalue weighted by Crippen LogP contribution is -1.87. The molecule has 1 rings (SSSR count). The van der Waals surface area contributed by atoms with Crippen LogP contribution in [0, 0.1) is 20.8 Å². The first-order valence-corrected chi connectivity index (χ1v) is 5.30. The van der Waals surface area contributed by atoms with Gasteiger partial charge in [-0.05, 0) is 45.7 Å². The zero-order chi connectivity index (χ0) is 10.0. The molecule has 0 atom stereocenters. The largest absolute Gasteiger partial charge is 0.353 e. The molecule has 0 aromatic carbocycles. The summed E-state index contributed by atoms with van der Waals surface area (Å²) in [4.78, 5) is 1.40. The molecule has 0 aliphatic carbocycles. The number of thiophene rings is 1. The molecule has 0 unspecified atom stereocenters. The maximum Gasteiger partial charge on any atom is 0.0957 e. The lowest BCUT2D eigenvalue weighted by molar-refractivity contribution is 1.33. The fourth-order valence-corrected chi connectivity index (χ4v) is 2.12. The van der Waals surface area contributed by atoms with Crippen LogP contribution in [0.2, 0.25) is 0 Å². The molecule has 1 heterocycles. The van der Waals surface area contributed by atoms with Gasteiger partial charge < -0.3 is 5.32 Å². The lowest BCUT2D eigenvalue weighted by atomic mass is 10.2. The summed E-state index contributed by atoms with van der Waals surface area (Å²) in [5.41, 5.74) is 4.08. The van der Waals surface area contributed by atoms with E-state index in [1.54, 1.807) is 0 Å². The molecule has 1 N–H and O–H groups in total. The van der Waals surface area contributed by atoms with Crippen molar-refractivity contribution in [2.75, 3.05) is 5.32 Å². The van der Waals surface area contributed by atoms with Crippen LogP contribution in [0.5, 0.6) is 0 Å². The third-order valence-corrected chi connectivity index (χ3v) is 3.42. The van der Waals surface area contributed by atoms with Gasteiger partial charge in [-0.3, -0.25) is 0 Å². The van der Waals surface area contributed by atoms with Crippen LogP contribution in [0.3, 0.4) is 0 Å². The number of aryl methyl sites for hydroxylation is 1. The lowest BCUT2D eigenvalue weighted by Gasteiger charge is -1.99. The third-order valence-electron chi connectivity index (χ3n) is 2.18. The quantitative estimate of drug-likeness (QED) is 0.752. The van der Waals surface area contributed by atoms with E-state index in [9.17, 15) is 0 Å². The fourth-order valence-electron chi connectivity index (χ4n) is 1.09. The Morgan fingerprint density at radius 3 is 2.15 bits per heavy atom. The second-order valence-electron chi connectivity index (χ2n) is 3.60. The molecule has 0 saturated carbocycles. The molecular weight excluding hydrogens is 178 g/mol. The minimum Gasteiger partial charge on any atom is -0.353 e. The molecule has 0 fully saturated rings. The molecule has 0 aliphatic heterocycles. The van der Waals surface area contributed by atoms with E-state index in [2.05, 4.69) is 46.1 Å². The maximum atomic E-state index is 3.33. The summed E-state index contributed by atoms with van der Waals surface area (Å²) in [6.45, 7) is 10.7. The van der Waals surface area contributed by atoms with E-state index in [0.717, 1.165) is 0 Å². The molecular formula is C11H17NS. The Labute approximate surface area is 84.5 Å². The van der Waals surface area contributed by atoms with Gasteiger partial charge in [0.05, 0.1) is 5.00 Å². The summed E-state index contributed by atoms with van der Waals surface area (Å²) >= 11 is 1.83. The summed E-state index contributed by atoms with van der Waals surface area (Å²) in [7, 11) is 0. The second kappa shape index (κ2) is 3.97. The van der Waals surface area contributed by atoms with Crippen molar-refractivity contribution in [1.82, 2.24) is 0 Å². The van der Waals surface area contributed by atoms with E-state index >= 15 is 0 Å². The SMILES string of the molecule is CC(C)=CNc1sc(C)c(C)c1C. The topological polar surface area (TPSA) is 12.0 Å². The minimum absolute atomic E-state index is 1.27. The number of anilines is 1. The molecule has 0 bridgehead atoms. The van der Waals surface area contributed by atoms with E-state index < -0.39 is 0 Å². The fraction of sp³-hybridized carbons (Fsp3) is 0.455. The van der Waals surface area contributed by atoms with Crippen molar-refractivity contribution in [3.05, 3.63) is 27.8 Å². The van der Waals surface area contributed by atoms with Gasteiger partial charge in [-0.2, -0.15) is 0 Å². The van der Waals surface area contributed by atoms with Gasteiger partial charge in [-0.1, -0.05) is 5.57 Å². The third kappa shape index (κ3) is 2.34. The van der Waals surface area contributed by atoms with Crippen molar-refractivity contribution in [3.8, 4) is 0 Å². The average Bonchev–Trinajstić information content (AvgIpc) is 2.29. The molecule has 0 aliphatic rings. The van der Waals surface area contributed by atoms with E-state index in [0.29, 0.717) is 0 Å². The zero-order valence-electron chi connectivity index (χ0n) is 8.99. The highest BCUT2D eigenvalue weighted by Crippen LogP contribution is 2.31. The first kappa shape index (κ1) is 10.3. The van der Waals surface area contributed by atoms with Crippen LogP contribution in [0.1, 0.15) is 29.9 Å². The predicted octanol–water partition coefficient (Wildman–Crippen LogP) is 4.01. The first-order chi connectivity index (χ1) is 6.02. The number of hydrogen-bond acceptors (Lipinski definition) is 2. The summed E-state index contributed by atoms with van der Waals surface area (Å²) in [6.07, 6.45) is 2.05. The van der Waals surface area contributed by atoms with Crippen LogP contribution in [-0.2, 0) is 0 Å². The van der Waals surface area contributed by atoms with Crippen LogP contribution in [0.15, 0.2) is 11.8 Å². The van der Waals surface area contributed by atoms with Crippen molar-refractivity contribution in [1.29, 1.82) is 0 Å². The van der Waals surface area contributed by atoms with Crippen LogP contribution in [0.25, 0.3) is 0 Å². The summed E-state index contributed by atoms with van der Waals surface area (Å²) in [5.74, 6) is 0. The Bertz CT molecular complexity index is 330. The summed E-state index contributed by atoms with van der Waals surface area (Å²) in [6, 6.07) is 0. The molecule has 1 aromatic heterocycles. The van der Waals surface area contributed by atoms with Crippen molar-refractivity contribution >= 4 is 16.3 Å².